The summed E-state index contributed by atoms with van der Waals surface area (Å²) in [5.74, 6) is -0.864. The van der Waals surface area contributed by atoms with E-state index in [0.717, 1.165) is 12.1 Å². The van der Waals surface area contributed by atoms with Crippen molar-refractivity contribution in [2.24, 2.45) is 5.92 Å². The summed E-state index contributed by atoms with van der Waals surface area (Å²) in [7, 11) is 0. The second kappa shape index (κ2) is 8.56. The lowest BCUT2D eigenvalue weighted by atomic mass is 9.90. The minimum atomic E-state index is -4.43. The van der Waals surface area contributed by atoms with Gasteiger partial charge in [0, 0.05) is 25.6 Å². The van der Waals surface area contributed by atoms with Crippen molar-refractivity contribution >= 4 is 11.8 Å². The maximum absolute atomic E-state index is 12.9. The Balaban J connectivity index is 2.07. The lowest BCUT2D eigenvalue weighted by molar-refractivity contribution is -0.138. The monoisotopic (exact) mass is 370 g/mol. The first-order valence-corrected chi connectivity index (χ1v) is 9.01. The average Bonchev–Trinajstić information content (AvgIpc) is 2.62. The predicted octanol–water partition coefficient (Wildman–Crippen LogP) is 3.57. The van der Waals surface area contributed by atoms with Crippen LogP contribution in [0.4, 0.5) is 13.2 Å². The summed E-state index contributed by atoms with van der Waals surface area (Å²) < 4.78 is 38.8. The fraction of sp³-hybridized carbons (Fsp3) is 0.579. The topological polar surface area (TPSA) is 49.4 Å². The van der Waals surface area contributed by atoms with Gasteiger partial charge in [-0.05, 0) is 37.8 Å². The molecule has 0 bridgehead atoms. The summed E-state index contributed by atoms with van der Waals surface area (Å²) in [5.41, 5.74) is -0.352. The first-order chi connectivity index (χ1) is 12.3. The second-order valence-corrected chi connectivity index (χ2v) is 6.58. The second-order valence-electron chi connectivity index (χ2n) is 6.58. The molecule has 0 radical (unpaired) electrons. The van der Waals surface area contributed by atoms with Gasteiger partial charge in [-0.1, -0.05) is 25.1 Å². The average molecular weight is 370 g/mol. The Morgan fingerprint density at radius 1 is 1.23 bits per heavy atom. The number of nitrogens with zero attached hydrogens (tertiary/aromatic N) is 1. The molecule has 26 heavy (non-hydrogen) atoms. The highest BCUT2D eigenvalue weighted by atomic mass is 19.4. The predicted molar refractivity (Wildman–Crippen MR) is 92.5 cm³/mol. The van der Waals surface area contributed by atoms with Crippen molar-refractivity contribution in [2.45, 2.75) is 45.2 Å². The largest absolute Gasteiger partial charge is 0.416 e. The van der Waals surface area contributed by atoms with Crippen LogP contribution in [0.15, 0.2) is 24.3 Å². The van der Waals surface area contributed by atoms with Gasteiger partial charge in [0.25, 0.3) is 0 Å². The number of amides is 2. The number of carbonyl (C=O) groups excluding carboxylic acids is 2. The van der Waals surface area contributed by atoms with Gasteiger partial charge in [-0.2, -0.15) is 13.2 Å². The van der Waals surface area contributed by atoms with Crippen LogP contribution in [0.3, 0.4) is 0 Å². The van der Waals surface area contributed by atoms with E-state index in [1.165, 1.54) is 6.07 Å². The summed E-state index contributed by atoms with van der Waals surface area (Å²) >= 11 is 0. The molecule has 2 rings (SSSR count). The number of halogens is 3. The highest BCUT2D eigenvalue weighted by molar-refractivity contribution is 5.84. The Labute approximate surface area is 151 Å². The van der Waals surface area contributed by atoms with Gasteiger partial charge in [0.1, 0.15) is 0 Å². The third kappa shape index (κ3) is 4.77. The van der Waals surface area contributed by atoms with Crippen molar-refractivity contribution in [1.82, 2.24) is 10.2 Å². The van der Waals surface area contributed by atoms with Gasteiger partial charge in [0.15, 0.2) is 0 Å². The molecule has 1 heterocycles. The minimum Gasteiger partial charge on any atom is -0.356 e. The number of alkyl halides is 3. The molecule has 0 saturated carbocycles. The van der Waals surface area contributed by atoms with E-state index in [9.17, 15) is 22.8 Å². The van der Waals surface area contributed by atoms with E-state index in [1.54, 1.807) is 17.9 Å². The van der Waals surface area contributed by atoms with Gasteiger partial charge in [-0.25, -0.2) is 0 Å². The van der Waals surface area contributed by atoms with Crippen molar-refractivity contribution in [2.75, 3.05) is 19.6 Å². The fourth-order valence-electron chi connectivity index (χ4n) is 3.39. The van der Waals surface area contributed by atoms with Crippen LogP contribution in [0, 0.1) is 5.92 Å². The Bertz CT molecular complexity index is 638. The van der Waals surface area contributed by atoms with Crippen LogP contribution in [0.5, 0.6) is 0 Å². The van der Waals surface area contributed by atoms with Crippen molar-refractivity contribution in [3.63, 3.8) is 0 Å². The Kier molecular flexibility index (Phi) is 6.67. The fourth-order valence-corrected chi connectivity index (χ4v) is 3.39. The Morgan fingerprint density at radius 2 is 1.88 bits per heavy atom. The van der Waals surface area contributed by atoms with Crippen LogP contribution in [0.2, 0.25) is 0 Å². The molecule has 144 valence electrons. The van der Waals surface area contributed by atoms with Crippen LogP contribution in [0.1, 0.15) is 50.2 Å². The molecule has 7 heteroatoms. The summed E-state index contributed by atoms with van der Waals surface area (Å²) in [6, 6.07) is 4.99. The summed E-state index contributed by atoms with van der Waals surface area (Å²) in [6.45, 7) is 5.14. The zero-order valence-corrected chi connectivity index (χ0v) is 15.1. The lowest BCUT2D eigenvalue weighted by Gasteiger charge is -2.33. The van der Waals surface area contributed by atoms with Gasteiger partial charge >= 0.3 is 6.18 Å². The molecule has 1 atom stereocenters. The molecule has 0 aromatic heterocycles. The lowest BCUT2D eigenvalue weighted by Crippen LogP contribution is -2.44. The number of carbonyl (C=O) groups is 2. The van der Waals surface area contributed by atoms with Crippen LogP contribution in [-0.4, -0.2) is 36.3 Å². The first kappa shape index (κ1) is 20.3. The summed E-state index contributed by atoms with van der Waals surface area (Å²) in [4.78, 5) is 26.4. The number of benzene rings is 1. The van der Waals surface area contributed by atoms with Gasteiger partial charge in [-0.3, -0.25) is 9.59 Å². The summed E-state index contributed by atoms with van der Waals surface area (Å²) in [5, 5.41) is 2.79. The third-order valence-electron chi connectivity index (χ3n) is 4.85. The molecule has 0 unspecified atom stereocenters. The number of piperidine rings is 1. The van der Waals surface area contributed by atoms with E-state index in [4.69, 9.17) is 0 Å². The maximum Gasteiger partial charge on any atom is 0.416 e. The molecule has 4 nitrogen and oxygen atoms in total. The van der Waals surface area contributed by atoms with Crippen molar-refractivity contribution in [3.8, 4) is 0 Å². The van der Waals surface area contributed by atoms with Crippen molar-refractivity contribution < 1.29 is 22.8 Å². The van der Waals surface area contributed by atoms with E-state index in [-0.39, 0.29) is 17.7 Å². The molecular weight excluding hydrogens is 345 g/mol. The van der Waals surface area contributed by atoms with E-state index in [1.807, 2.05) is 6.92 Å². The molecule has 1 aliphatic heterocycles. The molecule has 0 spiro atoms. The molecule has 1 aromatic rings. The van der Waals surface area contributed by atoms with Crippen LogP contribution in [-0.2, 0) is 15.8 Å². The first-order valence-electron chi connectivity index (χ1n) is 9.01. The quantitative estimate of drug-likeness (QED) is 0.861. The van der Waals surface area contributed by atoms with E-state index in [0.29, 0.717) is 44.5 Å². The Morgan fingerprint density at radius 3 is 2.42 bits per heavy atom. The maximum atomic E-state index is 12.9. The standard InChI is InChI=1S/C19H25F3N2O2/c1-3-16(14-6-5-7-15(12-14)19(20,21)22)18(26)24-10-8-13(9-11-24)17(25)23-4-2/h5-7,12-13,16H,3-4,8-11H2,1-2H3,(H,23,25)/t16-/m0/s1. The number of rotatable bonds is 5. The minimum absolute atomic E-state index is 0.00418. The zero-order valence-electron chi connectivity index (χ0n) is 15.1. The molecule has 1 aliphatic rings. The van der Waals surface area contributed by atoms with E-state index in [2.05, 4.69) is 5.32 Å². The van der Waals surface area contributed by atoms with Crippen molar-refractivity contribution in [3.05, 3.63) is 35.4 Å². The number of hydrogen-bond donors (Lipinski definition) is 1. The molecule has 1 saturated heterocycles. The normalized spacial score (nSPS) is 17.0. The van der Waals surface area contributed by atoms with E-state index >= 15 is 0 Å². The highest BCUT2D eigenvalue weighted by Crippen LogP contribution is 2.33. The zero-order chi connectivity index (χ0) is 19.3. The molecule has 1 aromatic carbocycles. The number of hydrogen-bond acceptors (Lipinski definition) is 2. The van der Waals surface area contributed by atoms with Gasteiger partial charge in [0.05, 0.1) is 11.5 Å². The highest BCUT2D eigenvalue weighted by Gasteiger charge is 2.33. The molecule has 0 aliphatic carbocycles. The molecule has 1 N–H and O–H groups in total. The van der Waals surface area contributed by atoms with Gasteiger partial charge in [0.2, 0.25) is 11.8 Å². The summed E-state index contributed by atoms with van der Waals surface area (Å²) in [6.07, 6.45) is -2.84. The van der Waals surface area contributed by atoms with E-state index < -0.39 is 17.7 Å². The molecule has 2 amide bonds. The van der Waals surface area contributed by atoms with Crippen LogP contribution < -0.4 is 5.32 Å². The van der Waals surface area contributed by atoms with Gasteiger partial charge in [-0.15, -0.1) is 0 Å². The SMILES string of the molecule is CCNC(=O)C1CCN(C(=O)[C@@H](CC)c2cccc(C(F)(F)F)c2)CC1. The van der Waals surface area contributed by atoms with Crippen LogP contribution >= 0.6 is 0 Å². The third-order valence-corrected chi connectivity index (χ3v) is 4.85. The smallest absolute Gasteiger partial charge is 0.356 e. The van der Waals surface area contributed by atoms with Gasteiger partial charge < -0.3 is 10.2 Å². The number of likely N-dealkylation sites (tertiary alicyclic amines) is 1. The van der Waals surface area contributed by atoms with Crippen LogP contribution in [0.25, 0.3) is 0 Å². The molecular formula is C19H25F3N2O2. The Hall–Kier alpha value is -2.05. The molecule has 1 fully saturated rings. The number of nitrogens with one attached hydrogen (secondary N) is 1. The van der Waals surface area contributed by atoms with Crippen molar-refractivity contribution in [1.29, 1.82) is 0 Å².